The number of hydrogen-bond acceptors (Lipinski definition) is 2. The molecule has 4 nitrogen and oxygen atoms in total. The van der Waals surface area contributed by atoms with Crippen LogP contribution in [0.5, 0.6) is 0 Å². The van der Waals surface area contributed by atoms with Gasteiger partial charge in [-0.3, -0.25) is 9.36 Å². The first-order valence-corrected chi connectivity index (χ1v) is 10.6. The van der Waals surface area contributed by atoms with Crippen molar-refractivity contribution in [2.24, 2.45) is 0 Å². The molecule has 2 aliphatic carbocycles. The van der Waals surface area contributed by atoms with Crippen molar-refractivity contribution >= 4 is 0 Å². The molecule has 0 N–H and O–H groups in total. The summed E-state index contributed by atoms with van der Waals surface area (Å²) in [5, 5.41) is 8.75. The summed E-state index contributed by atoms with van der Waals surface area (Å²) in [7, 11) is 0. The third-order valence-corrected chi connectivity index (χ3v) is 5.95. The summed E-state index contributed by atoms with van der Waals surface area (Å²) in [5.74, 6) is 1.60. The highest BCUT2D eigenvalue weighted by Gasteiger charge is 2.19. The topological polar surface area (TPSA) is 35.6 Å². The lowest BCUT2D eigenvalue weighted by molar-refractivity contribution is 0.531. The minimum absolute atomic E-state index is 0.496. The number of nitrogens with zero attached hydrogens (tertiary/aromatic N) is 4. The fraction of sp³-hybridized carbons (Fsp3) is 0.727. The summed E-state index contributed by atoms with van der Waals surface area (Å²) in [6, 6.07) is 0.991. The smallest absolute Gasteiger partial charge is 0.0524 e. The molecule has 2 heterocycles. The van der Waals surface area contributed by atoms with Crippen molar-refractivity contribution in [3.05, 3.63) is 35.9 Å². The zero-order valence-corrected chi connectivity index (χ0v) is 17.1. The van der Waals surface area contributed by atoms with Gasteiger partial charge in [-0.05, 0) is 76.3 Å². The Morgan fingerprint density at radius 2 is 1.04 bits per heavy atom. The van der Waals surface area contributed by atoms with Crippen LogP contribution in [0.25, 0.3) is 0 Å². The van der Waals surface area contributed by atoms with E-state index in [-0.39, 0.29) is 0 Å². The maximum Gasteiger partial charge on any atom is 0.0524 e. The van der Waals surface area contributed by atoms with Gasteiger partial charge >= 0.3 is 0 Å². The fourth-order valence-electron chi connectivity index (χ4n) is 4.21. The zero-order chi connectivity index (χ0) is 18.5. The molecule has 0 aliphatic heterocycles. The van der Waals surface area contributed by atoms with Crippen LogP contribution in [0.15, 0.2) is 24.8 Å². The molecule has 0 bridgehead atoms. The van der Waals surface area contributed by atoms with Crippen molar-refractivity contribution in [1.82, 2.24) is 19.6 Å². The van der Waals surface area contributed by atoms with Gasteiger partial charge in [0.25, 0.3) is 0 Å². The Morgan fingerprint density at radius 1 is 0.692 bits per heavy atom. The normalized spacial score (nSPS) is 18.7. The first-order chi connectivity index (χ1) is 12.5. The second kappa shape index (κ2) is 8.88. The Morgan fingerprint density at radius 3 is 1.31 bits per heavy atom. The van der Waals surface area contributed by atoms with Gasteiger partial charge in [0.2, 0.25) is 0 Å². The standard InChI is InChI=1S/2C11H18N2/c2*1-9(2)13-8-11(7-12-13)10-5-3-4-6-10/h2*7-10H,3-6H2,1-2H3. The van der Waals surface area contributed by atoms with Gasteiger partial charge in [-0.1, -0.05) is 25.7 Å². The second-order valence-electron chi connectivity index (χ2n) is 8.66. The molecule has 2 aliphatic rings. The molecular weight excluding hydrogens is 320 g/mol. The van der Waals surface area contributed by atoms with Crippen LogP contribution in [0.3, 0.4) is 0 Å². The van der Waals surface area contributed by atoms with Gasteiger partial charge in [-0.25, -0.2) is 0 Å². The molecule has 0 radical (unpaired) electrons. The maximum absolute atomic E-state index is 4.38. The lowest BCUT2D eigenvalue weighted by Gasteiger charge is -2.06. The Labute approximate surface area is 159 Å². The van der Waals surface area contributed by atoms with E-state index in [2.05, 4.69) is 72.0 Å². The summed E-state index contributed by atoms with van der Waals surface area (Å²) < 4.78 is 4.13. The van der Waals surface area contributed by atoms with Crippen LogP contribution in [0.2, 0.25) is 0 Å². The van der Waals surface area contributed by atoms with Crippen LogP contribution in [-0.2, 0) is 0 Å². The van der Waals surface area contributed by atoms with Crippen LogP contribution in [0, 0.1) is 0 Å². The fourth-order valence-corrected chi connectivity index (χ4v) is 4.21. The van der Waals surface area contributed by atoms with E-state index < -0.39 is 0 Å². The van der Waals surface area contributed by atoms with E-state index in [1.54, 1.807) is 0 Å². The maximum atomic E-state index is 4.38. The summed E-state index contributed by atoms with van der Waals surface area (Å²) in [5.41, 5.74) is 2.90. The number of aromatic nitrogens is 4. The van der Waals surface area contributed by atoms with E-state index in [0.29, 0.717) is 12.1 Å². The number of rotatable bonds is 4. The third-order valence-electron chi connectivity index (χ3n) is 5.95. The molecule has 0 atom stereocenters. The second-order valence-corrected chi connectivity index (χ2v) is 8.66. The summed E-state index contributed by atoms with van der Waals surface area (Å²) in [6.45, 7) is 8.69. The Balaban J connectivity index is 0.000000151. The van der Waals surface area contributed by atoms with E-state index in [9.17, 15) is 0 Å². The highest BCUT2D eigenvalue weighted by molar-refractivity contribution is 5.13. The van der Waals surface area contributed by atoms with Gasteiger partial charge < -0.3 is 0 Å². The predicted molar refractivity (Wildman–Crippen MR) is 108 cm³/mol. The molecule has 2 saturated carbocycles. The first-order valence-electron chi connectivity index (χ1n) is 10.6. The minimum Gasteiger partial charge on any atom is -0.270 e. The van der Waals surface area contributed by atoms with Crippen molar-refractivity contribution < 1.29 is 0 Å². The molecule has 2 fully saturated rings. The van der Waals surface area contributed by atoms with Gasteiger partial charge in [0.15, 0.2) is 0 Å². The van der Waals surface area contributed by atoms with Gasteiger partial charge in [-0.2, -0.15) is 10.2 Å². The molecule has 0 amide bonds. The largest absolute Gasteiger partial charge is 0.270 e. The lowest BCUT2D eigenvalue weighted by Crippen LogP contribution is -2.00. The predicted octanol–water partition coefficient (Wildman–Crippen LogP) is 6.24. The Kier molecular flexibility index (Phi) is 6.55. The highest BCUT2D eigenvalue weighted by atomic mass is 15.3. The van der Waals surface area contributed by atoms with Crippen LogP contribution in [0.4, 0.5) is 0 Å². The van der Waals surface area contributed by atoms with Gasteiger partial charge in [0.05, 0.1) is 12.4 Å². The lowest BCUT2D eigenvalue weighted by atomic mass is 10.0. The number of hydrogen-bond donors (Lipinski definition) is 0. The molecular formula is C22H36N4. The first kappa shape index (κ1) is 19.2. The average Bonchev–Trinajstić information content (AvgIpc) is 3.44. The van der Waals surface area contributed by atoms with Crippen molar-refractivity contribution in [2.45, 2.75) is 103 Å². The molecule has 2 aromatic heterocycles. The summed E-state index contributed by atoms with van der Waals surface area (Å²) in [6.07, 6.45) is 19.6. The van der Waals surface area contributed by atoms with Crippen molar-refractivity contribution in [2.75, 3.05) is 0 Å². The minimum atomic E-state index is 0.496. The summed E-state index contributed by atoms with van der Waals surface area (Å²) >= 11 is 0. The SMILES string of the molecule is CC(C)n1cc(C2CCCC2)cn1.CC(C)n1cc(C2CCCC2)cn1. The third kappa shape index (κ3) is 4.77. The van der Waals surface area contributed by atoms with E-state index in [1.165, 1.54) is 62.5 Å². The molecule has 4 rings (SSSR count). The van der Waals surface area contributed by atoms with E-state index in [1.807, 2.05) is 0 Å². The Bertz CT molecular complexity index is 597. The molecule has 4 heteroatoms. The monoisotopic (exact) mass is 356 g/mol. The van der Waals surface area contributed by atoms with Crippen LogP contribution in [0.1, 0.15) is 114 Å². The van der Waals surface area contributed by atoms with E-state index >= 15 is 0 Å². The van der Waals surface area contributed by atoms with Gasteiger partial charge in [-0.15, -0.1) is 0 Å². The molecule has 0 unspecified atom stereocenters. The van der Waals surface area contributed by atoms with Crippen molar-refractivity contribution in [3.63, 3.8) is 0 Å². The molecule has 144 valence electrons. The highest BCUT2D eigenvalue weighted by Crippen LogP contribution is 2.34. The molecule has 26 heavy (non-hydrogen) atoms. The molecule has 2 aromatic rings. The van der Waals surface area contributed by atoms with E-state index in [0.717, 1.165) is 11.8 Å². The quantitative estimate of drug-likeness (QED) is 0.649. The average molecular weight is 357 g/mol. The van der Waals surface area contributed by atoms with Crippen LogP contribution in [-0.4, -0.2) is 19.6 Å². The molecule has 0 aromatic carbocycles. The van der Waals surface area contributed by atoms with Crippen LogP contribution >= 0.6 is 0 Å². The molecule has 0 saturated heterocycles. The molecule has 0 spiro atoms. The zero-order valence-electron chi connectivity index (χ0n) is 17.1. The van der Waals surface area contributed by atoms with Crippen molar-refractivity contribution in [3.8, 4) is 0 Å². The van der Waals surface area contributed by atoms with Gasteiger partial charge in [0, 0.05) is 24.5 Å². The van der Waals surface area contributed by atoms with Crippen molar-refractivity contribution in [1.29, 1.82) is 0 Å². The Hall–Kier alpha value is -1.58. The van der Waals surface area contributed by atoms with Gasteiger partial charge in [0.1, 0.15) is 0 Å². The van der Waals surface area contributed by atoms with E-state index in [4.69, 9.17) is 0 Å². The summed E-state index contributed by atoms with van der Waals surface area (Å²) in [4.78, 5) is 0. The van der Waals surface area contributed by atoms with Crippen LogP contribution < -0.4 is 0 Å².